The monoisotopic (exact) mass is 464 g/mol. The molecule has 4 rings (SSSR count). The number of oxazole rings is 1. The highest BCUT2D eigenvalue weighted by Gasteiger charge is 2.51. The summed E-state index contributed by atoms with van der Waals surface area (Å²) < 4.78 is 26.0. The largest absolute Gasteiger partial charge is 0.493 e. The number of amides is 1. The molecule has 1 aromatic heterocycles. The molecule has 0 atom stereocenters. The number of benzene rings is 2. The summed E-state index contributed by atoms with van der Waals surface area (Å²) in [6, 6.07) is 10.1. The van der Waals surface area contributed by atoms with Crippen molar-refractivity contribution >= 4 is 40.3 Å². The van der Waals surface area contributed by atoms with E-state index >= 15 is 4.39 Å². The minimum atomic E-state index is -1.04. The number of nitrogens with zero attached hydrogens (tertiary/aromatic N) is 4. The molecule has 33 heavy (non-hydrogen) atoms. The van der Waals surface area contributed by atoms with E-state index in [1.165, 1.54) is 30.2 Å². The van der Waals surface area contributed by atoms with Crippen LogP contribution < -0.4 is 14.5 Å². The Morgan fingerprint density at radius 2 is 1.97 bits per heavy atom. The number of anilines is 2. The van der Waals surface area contributed by atoms with Gasteiger partial charge in [-0.25, -0.2) is 14.2 Å². The summed E-state index contributed by atoms with van der Waals surface area (Å²) in [6.45, 7) is 12.6. The molecule has 0 radical (unpaired) electrons. The van der Waals surface area contributed by atoms with Gasteiger partial charge >= 0.3 is 0 Å². The molecule has 1 fully saturated rings. The van der Waals surface area contributed by atoms with Gasteiger partial charge in [-0.15, -0.1) is 0 Å². The van der Waals surface area contributed by atoms with Crippen molar-refractivity contribution in [3.05, 3.63) is 77.5 Å². The van der Waals surface area contributed by atoms with Gasteiger partial charge in [-0.2, -0.15) is 0 Å². The molecular weight excluding hydrogens is 443 g/mol. The van der Waals surface area contributed by atoms with E-state index in [0.717, 1.165) is 0 Å². The van der Waals surface area contributed by atoms with Gasteiger partial charge in [0.25, 0.3) is 5.91 Å². The number of rotatable bonds is 6. The van der Waals surface area contributed by atoms with Crippen LogP contribution in [-0.2, 0) is 11.2 Å². The molecule has 1 saturated heterocycles. The van der Waals surface area contributed by atoms with E-state index in [0.29, 0.717) is 30.4 Å². The number of hydrogen-bond acceptors (Lipinski definition) is 5. The number of carbonyl (C=O) groups is 1. The number of ether oxygens (including phenoxy) is 1. The van der Waals surface area contributed by atoms with Crippen molar-refractivity contribution in [2.75, 3.05) is 16.4 Å². The second kappa shape index (κ2) is 8.64. The van der Waals surface area contributed by atoms with Crippen LogP contribution >= 0.6 is 12.2 Å². The third kappa shape index (κ3) is 3.94. The Kier molecular flexibility index (Phi) is 5.87. The van der Waals surface area contributed by atoms with Crippen LogP contribution in [0.3, 0.4) is 0 Å². The molecule has 0 unspecified atom stereocenters. The highest BCUT2D eigenvalue weighted by Crippen LogP contribution is 2.39. The topological polar surface area (TPSA) is 63.2 Å². The Morgan fingerprint density at radius 3 is 2.61 bits per heavy atom. The highest BCUT2D eigenvalue weighted by atomic mass is 32.1. The van der Waals surface area contributed by atoms with E-state index in [2.05, 4.69) is 9.83 Å². The minimum Gasteiger partial charge on any atom is -0.493 e. The van der Waals surface area contributed by atoms with Crippen molar-refractivity contribution in [1.82, 2.24) is 4.98 Å². The van der Waals surface area contributed by atoms with Crippen molar-refractivity contribution in [2.45, 2.75) is 32.7 Å². The lowest BCUT2D eigenvalue weighted by molar-refractivity contribution is -0.120. The van der Waals surface area contributed by atoms with Crippen LogP contribution in [0.15, 0.2) is 53.3 Å². The summed E-state index contributed by atoms with van der Waals surface area (Å²) in [7, 11) is 0. The summed E-state index contributed by atoms with van der Waals surface area (Å²) >= 11 is 5.62. The Balaban J connectivity index is 1.57. The minimum absolute atomic E-state index is 0.0389. The predicted octanol–water partition coefficient (Wildman–Crippen LogP) is 5.21. The molecule has 0 aliphatic carbocycles. The molecule has 1 amide bonds. The Morgan fingerprint density at radius 1 is 1.24 bits per heavy atom. The number of thiocarbonyl (C=S) groups is 1. The van der Waals surface area contributed by atoms with Gasteiger partial charge < -0.3 is 14.1 Å². The van der Waals surface area contributed by atoms with Crippen LogP contribution in [0.1, 0.15) is 25.3 Å². The zero-order valence-corrected chi connectivity index (χ0v) is 19.1. The van der Waals surface area contributed by atoms with Crippen molar-refractivity contribution < 1.29 is 18.3 Å². The molecule has 0 spiro atoms. The van der Waals surface area contributed by atoms with Gasteiger partial charge in [-0.1, -0.05) is 6.07 Å². The molecule has 0 saturated carbocycles. The maximum atomic E-state index is 15.1. The molecule has 1 aliphatic rings. The van der Waals surface area contributed by atoms with Crippen molar-refractivity contribution in [3.63, 3.8) is 0 Å². The lowest BCUT2D eigenvalue weighted by Crippen LogP contribution is -2.44. The summed E-state index contributed by atoms with van der Waals surface area (Å²) in [6.07, 6.45) is 3.64. The van der Waals surface area contributed by atoms with Gasteiger partial charge in [0.15, 0.2) is 16.7 Å². The predicted molar refractivity (Wildman–Crippen MR) is 126 cm³/mol. The maximum absolute atomic E-state index is 15.1. The fourth-order valence-corrected chi connectivity index (χ4v) is 4.23. The summed E-state index contributed by atoms with van der Waals surface area (Å²) in [5.74, 6) is 0.258. The first-order valence-corrected chi connectivity index (χ1v) is 10.6. The second-order valence-electron chi connectivity index (χ2n) is 7.99. The van der Waals surface area contributed by atoms with E-state index in [4.69, 9.17) is 27.9 Å². The Labute approximate surface area is 196 Å². The van der Waals surface area contributed by atoms with Crippen LogP contribution in [0.2, 0.25) is 0 Å². The third-order valence-electron chi connectivity index (χ3n) is 5.53. The molecule has 7 nitrogen and oxygen atoms in total. The molecule has 0 bridgehead atoms. The van der Waals surface area contributed by atoms with Crippen LogP contribution in [0.25, 0.3) is 4.85 Å². The summed E-state index contributed by atoms with van der Waals surface area (Å²) in [4.78, 5) is 23.6. The molecule has 168 valence electrons. The molecule has 1 aliphatic heterocycles. The van der Waals surface area contributed by atoms with Crippen molar-refractivity contribution in [2.24, 2.45) is 0 Å². The van der Waals surface area contributed by atoms with E-state index in [1.807, 2.05) is 0 Å². The first kappa shape index (κ1) is 22.4. The molecule has 0 N–H and O–H groups in total. The standard InChI is InChI=1S/C24H21FN4O3S/c1-15-18(26-4)9-10-19(21(15)25)28-22(30)24(2,3)29(23(28)33)16-5-7-17(8-6-16)31-13-11-20-27-12-14-32-20/h5-10,12,14H,11,13H2,1-3H3. The van der Waals surface area contributed by atoms with Gasteiger partial charge in [0.1, 0.15) is 23.4 Å². The fraction of sp³-hybridized carbons (Fsp3) is 0.250. The van der Waals surface area contributed by atoms with Gasteiger partial charge in [0.05, 0.1) is 31.5 Å². The van der Waals surface area contributed by atoms with E-state index in [-0.39, 0.29) is 28.0 Å². The number of aromatic nitrogens is 1. The Hall–Kier alpha value is -3.77. The van der Waals surface area contributed by atoms with Gasteiger partial charge in [-0.3, -0.25) is 9.69 Å². The summed E-state index contributed by atoms with van der Waals surface area (Å²) in [5.41, 5.74) is 0.0557. The fourth-order valence-electron chi connectivity index (χ4n) is 3.72. The molecular formula is C24H21FN4O3S. The Bertz CT molecular complexity index is 1250. The number of hydrogen-bond donors (Lipinski definition) is 0. The maximum Gasteiger partial charge on any atom is 0.259 e. The molecule has 9 heteroatoms. The molecule has 2 heterocycles. The van der Waals surface area contributed by atoms with Crippen LogP contribution in [0, 0.1) is 19.3 Å². The van der Waals surface area contributed by atoms with E-state index < -0.39 is 11.4 Å². The number of halogens is 1. The van der Waals surface area contributed by atoms with Crippen LogP contribution in [0.5, 0.6) is 5.75 Å². The van der Waals surface area contributed by atoms with Gasteiger partial charge in [0, 0.05) is 5.69 Å². The average Bonchev–Trinajstić information content (AvgIpc) is 3.36. The van der Waals surface area contributed by atoms with Crippen LogP contribution in [0.4, 0.5) is 21.5 Å². The zero-order valence-electron chi connectivity index (χ0n) is 18.3. The molecule has 3 aromatic rings. The highest BCUT2D eigenvalue weighted by molar-refractivity contribution is 7.81. The average molecular weight is 465 g/mol. The van der Waals surface area contributed by atoms with Crippen LogP contribution in [-0.4, -0.2) is 28.1 Å². The van der Waals surface area contributed by atoms with Gasteiger partial charge in [-0.05, 0) is 68.9 Å². The normalized spacial score (nSPS) is 15.1. The van der Waals surface area contributed by atoms with Crippen molar-refractivity contribution in [1.29, 1.82) is 0 Å². The zero-order chi connectivity index (χ0) is 23.8. The molecule has 2 aromatic carbocycles. The van der Waals surface area contributed by atoms with Gasteiger partial charge in [0.2, 0.25) is 0 Å². The lowest BCUT2D eigenvalue weighted by Gasteiger charge is -2.29. The first-order valence-electron chi connectivity index (χ1n) is 10.2. The SMILES string of the molecule is [C-]#[N+]c1ccc(N2C(=O)C(C)(C)N(c3ccc(OCCc4ncco4)cc3)C2=S)c(F)c1C. The summed E-state index contributed by atoms with van der Waals surface area (Å²) in [5, 5.41) is 0.163. The van der Waals surface area contributed by atoms with Crippen molar-refractivity contribution in [3.8, 4) is 5.75 Å². The third-order valence-corrected chi connectivity index (χ3v) is 5.90. The number of carbonyl (C=O) groups excluding carboxylic acids is 1. The second-order valence-corrected chi connectivity index (χ2v) is 8.36. The quantitative estimate of drug-likeness (QED) is 0.369. The smallest absolute Gasteiger partial charge is 0.259 e. The van der Waals surface area contributed by atoms with E-state index in [1.54, 1.807) is 49.2 Å². The first-order chi connectivity index (χ1) is 15.8. The lowest BCUT2D eigenvalue weighted by atomic mass is 10.0. The van der Waals surface area contributed by atoms with E-state index in [9.17, 15) is 4.79 Å².